The Morgan fingerprint density at radius 2 is 2.12 bits per heavy atom. The van der Waals surface area contributed by atoms with Gasteiger partial charge in [0.2, 0.25) is 0 Å². The van der Waals surface area contributed by atoms with Crippen LogP contribution in [0.5, 0.6) is 0 Å². The quantitative estimate of drug-likeness (QED) is 0.540. The second-order valence-electron chi connectivity index (χ2n) is 2.09. The van der Waals surface area contributed by atoms with Crippen LogP contribution in [0.15, 0.2) is 0 Å². The largest absolute Gasteiger partial charge is 0.808 e. The van der Waals surface area contributed by atoms with Gasteiger partial charge < -0.3 is 9.42 Å². The molecule has 0 aliphatic carbocycles. The molecular weight excluding hydrogens is 123 g/mol. The molecule has 0 aromatic heterocycles. The third-order valence-electron chi connectivity index (χ3n) is 0.718. The van der Waals surface area contributed by atoms with E-state index in [2.05, 4.69) is 4.52 Å². The van der Waals surface area contributed by atoms with Crippen LogP contribution in [-0.4, -0.2) is 13.3 Å². The monoisotopic (exact) mass is 135 g/mol. The molecular formula is C5H12O2P-. The van der Waals surface area contributed by atoms with Crippen molar-refractivity contribution in [3.8, 4) is 0 Å². The van der Waals surface area contributed by atoms with Crippen molar-refractivity contribution in [1.82, 2.24) is 0 Å². The van der Waals surface area contributed by atoms with E-state index in [1.165, 1.54) is 7.11 Å². The van der Waals surface area contributed by atoms with Crippen molar-refractivity contribution in [2.45, 2.75) is 13.8 Å². The predicted molar refractivity (Wildman–Crippen MR) is 33.6 cm³/mol. The van der Waals surface area contributed by atoms with Crippen molar-refractivity contribution in [1.29, 1.82) is 0 Å². The lowest BCUT2D eigenvalue weighted by atomic mass is 10.3. The predicted octanol–water partition coefficient (Wildman–Crippen LogP) is 0.961. The van der Waals surface area contributed by atoms with Gasteiger partial charge in [0.15, 0.2) is 0 Å². The topological polar surface area (TPSA) is 32.3 Å². The summed E-state index contributed by atoms with van der Waals surface area (Å²) in [4.78, 5) is 10.5. The molecule has 0 bridgehead atoms. The fraction of sp³-hybridized carbons (Fsp3) is 1.00. The SMILES string of the molecule is COP([O-])CC(C)C. The highest BCUT2D eigenvalue weighted by Crippen LogP contribution is 2.26. The zero-order valence-electron chi connectivity index (χ0n) is 5.55. The zero-order valence-corrected chi connectivity index (χ0v) is 6.44. The molecule has 0 rings (SSSR count). The van der Waals surface area contributed by atoms with Gasteiger partial charge in [-0.25, -0.2) is 0 Å². The summed E-state index contributed by atoms with van der Waals surface area (Å²) in [5.74, 6) is 0.471. The molecule has 0 amide bonds. The van der Waals surface area contributed by atoms with Crippen LogP contribution in [0.1, 0.15) is 13.8 Å². The summed E-state index contributed by atoms with van der Waals surface area (Å²) >= 11 is 0. The van der Waals surface area contributed by atoms with Gasteiger partial charge in [0.05, 0.1) is 0 Å². The molecule has 0 N–H and O–H groups in total. The molecule has 0 aromatic carbocycles. The highest BCUT2D eigenvalue weighted by molar-refractivity contribution is 7.44. The van der Waals surface area contributed by atoms with E-state index in [0.717, 1.165) is 0 Å². The Bertz CT molecular complexity index is 56.4. The molecule has 0 fully saturated rings. The van der Waals surface area contributed by atoms with Gasteiger partial charge in [-0.05, 0) is 12.1 Å². The molecule has 0 heterocycles. The second-order valence-corrected chi connectivity index (χ2v) is 3.49. The van der Waals surface area contributed by atoms with Crippen molar-refractivity contribution in [3.63, 3.8) is 0 Å². The molecule has 0 saturated carbocycles. The van der Waals surface area contributed by atoms with E-state index in [-0.39, 0.29) is 0 Å². The summed E-state index contributed by atoms with van der Waals surface area (Å²) in [7, 11) is 0.105. The maximum atomic E-state index is 10.5. The Balaban J connectivity index is 3.10. The van der Waals surface area contributed by atoms with Gasteiger partial charge in [0.25, 0.3) is 0 Å². The molecule has 0 radical (unpaired) electrons. The fourth-order valence-corrected chi connectivity index (χ4v) is 1.12. The normalized spacial score (nSPS) is 14.6. The van der Waals surface area contributed by atoms with Crippen molar-refractivity contribution in [3.05, 3.63) is 0 Å². The summed E-state index contributed by atoms with van der Waals surface area (Å²) in [6.07, 6.45) is 0.672. The van der Waals surface area contributed by atoms with E-state index >= 15 is 0 Å². The molecule has 1 atom stereocenters. The molecule has 0 aromatic rings. The average molecular weight is 135 g/mol. The van der Waals surface area contributed by atoms with Crippen LogP contribution in [0.25, 0.3) is 0 Å². The van der Waals surface area contributed by atoms with E-state index in [4.69, 9.17) is 0 Å². The lowest BCUT2D eigenvalue weighted by molar-refractivity contribution is -0.178. The van der Waals surface area contributed by atoms with Gasteiger partial charge in [-0.15, -0.1) is 0 Å². The molecule has 0 aliphatic rings. The molecule has 50 valence electrons. The number of hydrogen-bond acceptors (Lipinski definition) is 2. The lowest BCUT2D eigenvalue weighted by Crippen LogP contribution is -2.04. The zero-order chi connectivity index (χ0) is 6.57. The molecule has 1 unspecified atom stereocenters. The van der Waals surface area contributed by atoms with Crippen LogP contribution < -0.4 is 4.89 Å². The van der Waals surface area contributed by atoms with E-state index in [1.807, 2.05) is 13.8 Å². The minimum Gasteiger partial charge on any atom is -0.808 e. The Labute approximate surface area is 51.8 Å². The van der Waals surface area contributed by atoms with Crippen LogP contribution in [-0.2, 0) is 4.52 Å². The average Bonchev–Trinajstić information content (AvgIpc) is 1.65. The third-order valence-corrected chi connectivity index (χ3v) is 2.15. The van der Waals surface area contributed by atoms with Crippen LogP contribution in [0.3, 0.4) is 0 Å². The Morgan fingerprint density at radius 3 is 2.25 bits per heavy atom. The van der Waals surface area contributed by atoms with E-state index in [1.54, 1.807) is 0 Å². The highest BCUT2D eigenvalue weighted by atomic mass is 31.2. The van der Waals surface area contributed by atoms with Crippen molar-refractivity contribution in [2.75, 3.05) is 13.3 Å². The maximum absolute atomic E-state index is 10.5. The van der Waals surface area contributed by atoms with Gasteiger partial charge in [-0.2, -0.15) is 0 Å². The number of rotatable bonds is 3. The van der Waals surface area contributed by atoms with Crippen LogP contribution in [0.4, 0.5) is 0 Å². The van der Waals surface area contributed by atoms with Gasteiger partial charge in [-0.3, -0.25) is 0 Å². The molecule has 0 saturated heterocycles. The third kappa shape index (κ3) is 4.51. The summed E-state index contributed by atoms with van der Waals surface area (Å²) in [5.41, 5.74) is 0. The first-order valence-corrected chi connectivity index (χ1v) is 4.02. The first kappa shape index (κ1) is 8.35. The van der Waals surface area contributed by atoms with Crippen LogP contribution in [0, 0.1) is 5.92 Å². The molecule has 0 aliphatic heterocycles. The van der Waals surface area contributed by atoms with E-state index < -0.39 is 8.38 Å². The molecule has 8 heavy (non-hydrogen) atoms. The first-order valence-electron chi connectivity index (χ1n) is 2.65. The minimum absolute atomic E-state index is 0.471. The van der Waals surface area contributed by atoms with Gasteiger partial charge in [0.1, 0.15) is 0 Å². The van der Waals surface area contributed by atoms with E-state index in [0.29, 0.717) is 12.1 Å². The maximum Gasteiger partial charge on any atom is 0.0381 e. The molecule has 3 heteroatoms. The Hall–Kier alpha value is 0.350. The second kappa shape index (κ2) is 4.25. The first-order chi connectivity index (χ1) is 3.66. The van der Waals surface area contributed by atoms with Crippen molar-refractivity contribution >= 4 is 8.38 Å². The number of hydrogen-bond donors (Lipinski definition) is 0. The molecule has 2 nitrogen and oxygen atoms in total. The summed E-state index contributed by atoms with van der Waals surface area (Å²) in [6, 6.07) is 0. The van der Waals surface area contributed by atoms with Crippen molar-refractivity contribution in [2.24, 2.45) is 5.92 Å². The Morgan fingerprint density at radius 1 is 1.62 bits per heavy atom. The Kier molecular flexibility index (Phi) is 4.44. The van der Waals surface area contributed by atoms with Gasteiger partial charge in [0, 0.05) is 7.11 Å². The highest BCUT2D eigenvalue weighted by Gasteiger charge is 1.94. The van der Waals surface area contributed by atoms with Crippen LogP contribution >= 0.6 is 8.38 Å². The summed E-state index contributed by atoms with van der Waals surface area (Å²) < 4.78 is 4.57. The summed E-state index contributed by atoms with van der Waals surface area (Å²) in [5, 5.41) is 0. The smallest absolute Gasteiger partial charge is 0.0381 e. The fourth-order valence-electron chi connectivity index (χ4n) is 0.373. The molecule has 0 spiro atoms. The minimum atomic E-state index is -1.37. The van der Waals surface area contributed by atoms with Crippen LogP contribution in [0.2, 0.25) is 0 Å². The lowest BCUT2D eigenvalue weighted by Gasteiger charge is -2.21. The van der Waals surface area contributed by atoms with E-state index in [9.17, 15) is 4.89 Å². The van der Waals surface area contributed by atoms with Gasteiger partial charge >= 0.3 is 0 Å². The summed E-state index contributed by atoms with van der Waals surface area (Å²) in [6.45, 7) is 4.04. The standard InChI is InChI=1S/C5H12O2P/c1-5(2)4-8(6)7-3/h5H,4H2,1-3H3/q-1. The van der Waals surface area contributed by atoms with Crippen molar-refractivity contribution < 1.29 is 9.42 Å². The van der Waals surface area contributed by atoms with Gasteiger partial charge in [-0.1, -0.05) is 22.2 Å².